The van der Waals surface area contributed by atoms with Gasteiger partial charge in [0.2, 0.25) is 0 Å². The van der Waals surface area contributed by atoms with Gasteiger partial charge in [0.25, 0.3) is 0 Å². The molecular formula is C14H19N3O2S. The average molecular weight is 293 g/mol. The maximum Gasteiger partial charge on any atom is 0.407 e. The van der Waals surface area contributed by atoms with Crippen molar-refractivity contribution in [1.82, 2.24) is 9.69 Å². The summed E-state index contributed by atoms with van der Waals surface area (Å²) in [5.74, 6) is 0. The molecule has 0 aliphatic carbocycles. The predicted octanol–water partition coefficient (Wildman–Crippen LogP) is 3.23. The first-order valence-corrected chi connectivity index (χ1v) is 7.28. The molecule has 2 N–H and O–H groups in total. The molecule has 0 aliphatic rings. The van der Waals surface area contributed by atoms with Crippen molar-refractivity contribution >= 4 is 33.5 Å². The van der Waals surface area contributed by atoms with Crippen molar-refractivity contribution in [3.8, 4) is 0 Å². The molecule has 0 spiro atoms. The number of rotatable bonds is 4. The van der Waals surface area contributed by atoms with Gasteiger partial charge in [-0.2, -0.15) is 4.37 Å². The lowest BCUT2D eigenvalue weighted by molar-refractivity contribution is 0.0530. The quantitative estimate of drug-likeness (QED) is 0.850. The zero-order valence-corrected chi connectivity index (χ0v) is 12.7. The second-order valence-corrected chi connectivity index (χ2v) is 6.16. The maximum atomic E-state index is 11.5. The standard InChI is InChI=1S/C14H19N3O2S/c1-14(2,3)19-13(18)16-9-8-15-12-10-6-4-5-7-11(10)17-20-12/h4-7,15H,8-9H2,1-3H3,(H,16,18). The number of carbonyl (C=O) groups is 1. The van der Waals surface area contributed by atoms with Crippen molar-refractivity contribution in [3.05, 3.63) is 24.3 Å². The normalized spacial score (nSPS) is 11.3. The number of hydrogen-bond acceptors (Lipinski definition) is 5. The number of ether oxygens (including phenoxy) is 1. The van der Waals surface area contributed by atoms with Gasteiger partial charge in [-0.05, 0) is 44.4 Å². The molecule has 0 saturated heterocycles. The fourth-order valence-electron chi connectivity index (χ4n) is 1.67. The highest BCUT2D eigenvalue weighted by atomic mass is 32.1. The van der Waals surface area contributed by atoms with Crippen molar-refractivity contribution in [2.24, 2.45) is 0 Å². The molecule has 1 aromatic carbocycles. The van der Waals surface area contributed by atoms with E-state index in [9.17, 15) is 4.79 Å². The van der Waals surface area contributed by atoms with Crippen LogP contribution in [0.1, 0.15) is 20.8 Å². The molecule has 6 heteroatoms. The molecule has 0 unspecified atom stereocenters. The minimum absolute atomic E-state index is 0.395. The minimum atomic E-state index is -0.467. The van der Waals surface area contributed by atoms with Gasteiger partial charge in [0.15, 0.2) is 0 Å². The van der Waals surface area contributed by atoms with Crippen molar-refractivity contribution in [3.63, 3.8) is 0 Å². The molecular weight excluding hydrogens is 274 g/mol. The lowest BCUT2D eigenvalue weighted by atomic mass is 10.2. The number of nitrogens with zero attached hydrogens (tertiary/aromatic N) is 1. The highest BCUT2D eigenvalue weighted by Crippen LogP contribution is 2.26. The topological polar surface area (TPSA) is 63.2 Å². The Morgan fingerprint density at radius 1 is 1.30 bits per heavy atom. The van der Waals surface area contributed by atoms with Crippen LogP contribution in [0.3, 0.4) is 0 Å². The summed E-state index contributed by atoms with van der Waals surface area (Å²) in [6.45, 7) is 6.66. The van der Waals surface area contributed by atoms with Crippen molar-refractivity contribution < 1.29 is 9.53 Å². The van der Waals surface area contributed by atoms with Crippen LogP contribution in [0.25, 0.3) is 10.9 Å². The number of alkyl carbamates (subject to hydrolysis) is 1. The molecule has 1 amide bonds. The van der Waals surface area contributed by atoms with Crippen LogP contribution in [0.2, 0.25) is 0 Å². The van der Waals surface area contributed by atoms with Crippen LogP contribution in [0.4, 0.5) is 9.80 Å². The van der Waals surface area contributed by atoms with E-state index in [0.29, 0.717) is 13.1 Å². The molecule has 0 fully saturated rings. The number of aromatic nitrogens is 1. The largest absolute Gasteiger partial charge is 0.444 e. The maximum absolute atomic E-state index is 11.5. The highest BCUT2D eigenvalue weighted by Gasteiger charge is 2.15. The molecule has 1 aromatic heterocycles. The third kappa shape index (κ3) is 4.09. The van der Waals surface area contributed by atoms with Gasteiger partial charge in [0, 0.05) is 18.5 Å². The lowest BCUT2D eigenvalue weighted by Crippen LogP contribution is -2.34. The Bertz CT molecular complexity index is 589. The van der Waals surface area contributed by atoms with Crippen LogP contribution >= 0.6 is 11.5 Å². The summed E-state index contributed by atoms with van der Waals surface area (Å²) in [6, 6.07) is 7.97. The first kappa shape index (κ1) is 14.6. The van der Waals surface area contributed by atoms with E-state index in [2.05, 4.69) is 15.0 Å². The van der Waals surface area contributed by atoms with Crippen molar-refractivity contribution in [2.75, 3.05) is 18.4 Å². The van der Waals surface area contributed by atoms with E-state index in [1.54, 1.807) is 0 Å². The molecule has 0 aliphatic heterocycles. The Hall–Kier alpha value is -1.82. The summed E-state index contributed by atoms with van der Waals surface area (Å²) >= 11 is 1.43. The van der Waals surface area contributed by atoms with Gasteiger partial charge in [-0.25, -0.2) is 4.79 Å². The smallest absolute Gasteiger partial charge is 0.407 e. The monoisotopic (exact) mass is 293 g/mol. The summed E-state index contributed by atoms with van der Waals surface area (Å²) in [4.78, 5) is 11.5. The van der Waals surface area contributed by atoms with Gasteiger partial charge in [-0.3, -0.25) is 0 Å². The van der Waals surface area contributed by atoms with E-state index >= 15 is 0 Å². The summed E-state index contributed by atoms with van der Waals surface area (Å²) in [5.41, 5.74) is 0.519. The summed E-state index contributed by atoms with van der Waals surface area (Å²) in [7, 11) is 0. The average Bonchev–Trinajstić information content (AvgIpc) is 2.76. The molecule has 1 heterocycles. The molecule has 108 valence electrons. The molecule has 0 saturated carbocycles. The van der Waals surface area contributed by atoms with Gasteiger partial charge in [-0.15, -0.1) is 0 Å². The number of carbonyl (C=O) groups excluding carboxylic acids is 1. The third-order valence-electron chi connectivity index (χ3n) is 2.46. The fourth-order valence-corrected chi connectivity index (χ4v) is 2.46. The third-order valence-corrected chi connectivity index (χ3v) is 3.30. The predicted molar refractivity (Wildman–Crippen MR) is 82.3 cm³/mol. The SMILES string of the molecule is CC(C)(C)OC(=O)NCCNc1snc2ccccc12. The van der Waals surface area contributed by atoms with Crippen LogP contribution in [-0.4, -0.2) is 29.2 Å². The number of hydrogen-bond donors (Lipinski definition) is 2. The number of amides is 1. The highest BCUT2D eigenvalue weighted by molar-refractivity contribution is 7.11. The van der Waals surface area contributed by atoms with E-state index in [-0.39, 0.29) is 0 Å². The number of nitrogens with one attached hydrogen (secondary N) is 2. The van der Waals surface area contributed by atoms with E-state index in [0.717, 1.165) is 15.9 Å². The fraction of sp³-hybridized carbons (Fsp3) is 0.429. The number of fused-ring (bicyclic) bond motifs is 1. The van der Waals surface area contributed by atoms with Crippen LogP contribution in [-0.2, 0) is 4.74 Å². The van der Waals surface area contributed by atoms with Crippen molar-refractivity contribution in [1.29, 1.82) is 0 Å². The molecule has 20 heavy (non-hydrogen) atoms. The Morgan fingerprint density at radius 2 is 2.05 bits per heavy atom. The van der Waals surface area contributed by atoms with Gasteiger partial charge in [0.1, 0.15) is 10.6 Å². The van der Waals surface area contributed by atoms with E-state index in [1.807, 2.05) is 45.0 Å². The Morgan fingerprint density at radius 3 is 2.80 bits per heavy atom. The Labute approximate surface area is 122 Å². The van der Waals surface area contributed by atoms with Gasteiger partial charge < -0.3 is 15.4 Å². The Balaban J connectivity index is 1.78. The molecule has 5 nitrogen and oxygen atoms in total. The second kappa shape index (κ2) is 6.09. The summed E-state index contributed by atoms with van der Waals surface area (Å²) in [5, 5.41) is 8.11. The molecule has 2 aromatic rings. The molecule has 0 atom stereocenters. The van der Waals surface area contributed by atoms with Crippen molar-refractivity contribution in [2.45, 2.75) is 26.4 Å². The van der Waals surface area contributed by atoms with E-state index in [1.165, 1.54) is 11.5 Å². The minimum Gasteiger partial charge on any atom is -0.444 e. The molecule has 0 bridgehead atoms. The van der Waals surface area contributed by atoms with Gasteiger partial charge in [0.05, 0.1) is 5.52 Å². The number of benzene rings is 1. The summed E-state index contributed by atoms with van der Waals surface area (Å²) in [6.07, 6.45) is -0.395. The van der Waals surface area contributed by atoms with Crippen LogP contribution < -0.4 is 10.6 Å². The summed E-state index contributed by atoms with van der Waals surface area (Å²) < 4.78 is 9.51. The molecule has 2 rings (SSSR count). The second-order valence-electron chi connectivity index (χ2n) is 5.38. The number of anilines is 1. The lowest BCUT2D eigenvalue weighted by Gasteiger charge is -2.19. The first-order chi connectivity index (χ1) is 9.46. The zero-order chi connectivity index (χ0) is 14.6. The van der Waals surface area contributed by atoms with Crippen LogP contribution in [0.5, 0.6) is 0 Å². The zero-order valence-electron chi connectivity index (χ0n) is 11.9. The molecule has 0 radical (unpaired) electrons. The van der Waals surface area contributed by atoms with Gasteiger partial charge >= 0.3 is 6.09 Å². The van der Waals surface area contributed by atoms with Gasteiger partial charge in [-0.1, -0.05) is 12.1 Å². The van der Waals surface area contributed by atoms with Crippen LogP contribution in [0, 0.1) is 0 Å². The van der Waals surface area contributed by atoms with E-state index in [4.69, 9.17) is 4.74 Å². The van der Waals surface area contributed by atoms with Crippen LogP contribution in [0.15, 0.2) is 24.3 Å². The van der Waals surface area contributed by atoms with E-state index < -0.39 is 11.7 Å². The Kier molecular flexibility index (Phi) is 4.44. The first-order valence-electron chi connectivity index (χ1n) is 6.51.